The second-order valence-corrected chi connectivity index (χ2v) is 6.53. The molecule has 0 radical (unpaired) electrons. The molecule has 0 aliphatic carbocycles. The summed E-state index contributed by atoms with van der Waals surface area (Å²) in [7, 11) is 2.20. The molecule has 0 amide bonds. The molecule has 2 aliphatic heterocycles. The first kappa shape index (κ1) is 14.2. The summed E-state index contributed by atoms with van der Waals surface area (Å²) in [6.45, 7) is 3.06. The fraction of sp³-hybridized carbons (Fsp3) is 0.923. The molecule has 2 unspecified atom stereocenters. The maximum Gasteiger partial charge on any atom is 0.321 e. The van der Waals surface area contributed by atoms with E-state index in [-0.39, 0.29) is 6.04 Å². The number of aliphatic carboxylic acids is 1. The molecular formula is C13H24N2O2S. The lowest BCUT2D eigenvalue weighted by Crippen LogP contribution is -2.49. The first-order valence-electron chi connectivity index (χ1n) is 6.93. The van der Waals surface area contributed by atoms with E-state index >= 15 is 0 Å². The van der Waals surface area contributed by atoms with Gasteiger partial charge in [-0.05, 0) is 32.9 Å². The van der Waals surface area contributed by atoms with Crippen molar-refractivity contribution in [3.8, 4) is 0 Å². The first-order valence-corrected chi connectivity index (χ1v) is 8.09. The maximum absolute atomic E-state index is 11.2. The molecule has 2 rings (SSSR count). The van der Waals surface area contributed by atoms with Gasteiger partial charge in [-0.15, -0.1) is 0 Å². The van der Waals surface area contributed by atoms with Crippen molar-refractivity contribution in [1.82, 2.24) is 9.80 Å². The highest BCUT2D eigenvalue weighted by atomic mass is 32.2. The largest absolute Gasteiger partial charge is 0.480 e. The number of carboxylic acids is 1. The average molecular weight is 272 g/mol. The molecule has 0 aromatic rings. The summed E-state index contributed by atoms with van der Waals surface area (Å²) in [5.74, 6) is 1.17. The lowest BCUT2D eigenvalue weighted by atomic mass is 9.99. The highest BCUT2D eigenvalue weighted by Crippen LogP contribution is 2.21. The topological polar surface area (TPSA) is 43.8 Å². The summed E-state index contributed by atoms with van der Waals surface area (Å²) in [6, 6.07) is 0.389. The van der Waals surface area contributed by atoms with Crippen molar-refractivity contribution < 1.29 is 9.90 Å². The van der Waals surface area contributed by atoms with Crippen molar-refractivity contribution in [3.05, 3.63) is 0 Å². The molecule has 0 spiro atoms. The van der Waals surface area contributed by atoms with Crippen molar-refractivity contribution in [2.45, 2.75) is 37.8 Å². The molecule has 0 aromatic carbocycles. The predicted molar refractivity (Wildman–Crippen MR) is 75.2 cm³/mol. The summed E-state index contributed by atoms with van der Waals surface area (Å²) < 4.78 is 0. The third-order valence-electron chi connectivity index (χ3n) is 4.20. The van der Waals surface area contributed by atoms with Gasteiger partial charge in [0.05, 0.1) is 0 Å². The molecular weight excluding hydrogens is 248 g/mol. The standard InChI is InChI=1S/C13H24N2O2S/c1-14-6-3-2-4-11(14)5-7-15-8-9-18-10-12(15)13(16)17/h11-12H,2-10H2,1H3,(H,16,17). The number of nitrogens with zero attached hydrogens (tertiary/aromatic N) is 2. The lowest BCUT2D eigenvalue weighted by molar-refractivity contribution is -0.142. The number of hydrogen-bond donors (Lipinski definition) is 1. The van der Waals surface area contributed by atoms with Gasteiger partial charge in [-0.2, -0.15) is 11.8 Å². The quantitative estimate of drug-likeness (QED) is 0.837. The Morgan fingerprint density at radius 1 is 1.39 bits per heavy atom. The number of hydrogen-bond acceptors (Lipinski definition) is 4. The molecule has 0 bridgehead atoms. The van der Waals surface area contributed by atoms with Crippen molar-refractivity contribution in [2.24, 2.45) is 0 Å². The third kappa shape index (κ3) is 3.62. The number of carboxylic acid groups (broad SMARTS) is 1. The van der Waals surface area contributed by atoms with Gasteiger partial charge in [0.15, 0.2) is 0 Å². The van der Waals surface area contributed by atoms with Crippen molar-refractivity contribution in [3.63, 3.8) is 0 Å². The molecule has 104 valence electrons. The van der Waals surface area contributed by atoms with Gasteiger partial charge in [0.2, 0.25) is 0 Å². The van der Waals surface area contributed by atoms with Gasteiger partial charge < -0.3 is 10.0 Å². The van der Waals surface area contributed by atoms with E-state index in [0.717, 1.165) is 31.0 Å². The zero-order valence-corrected chi connectivity index (χ0v) is 12.0. The van der Waals surface area contributed by atoms with Gasteiger partial charge in [0.25, 0.3) is 0 Å². The molecule has 1 N–H and O–H groups in total. The van der Waals surface area contributed by atoms with E-state index in [9.17, 15) is 9.90 Å². The van der Waals surface area contributed by atoms with Crippen molar-refractivity contribution in [1.29, 1.82) is 0 Å². The molecule has 4 nitrogen and oxygen atoms in total. The molecule has 2 atom stereocenters. The predicted octanol–water partition coefficient (Wildman–Crippen LogP) is 1.36. The van der Waals surface area contributed by atoms with Crippen LogP contribution in [0.2, 0.25) is 0 Å². The SMILES string of the molecule is CN1CCCCC1CCN1CCSCC1C(=O)O. The lowest BCUT2D eigenvalue weighted by Gasteiger charge is -2.37. The van der Waals surface area contributed by atoms with E-state index in [0.29, 0.717) is 6.04 Å². The summed E-state index contributed by atoms with van der Waals surface area (Å²) in [5, 5.41) is 9.23. The van der Waals surface area contributed by atoms with Crippen LogP contribution in [-0.2, 0) is 4.79 Å². The Kier molecular flexibility index (Phi) is 5.33. The van der Waals surface area contributed by atoms with Crippen LogP contribution in [0.15, 0.2) is 0 Å². The van der Waals surface area contributed by atoms with Gasteiger partial charge in [-0.25, -0.2) is 0 Å². The number of rotatable bonds is 4. The van der Waals surface area contributed by atoms with Crippen LogP contribution < -0.4 is 0 Å². The van der Waals surface area contributed by atoms with Gasteiger partial charge in [0.1, 0.15) is 6.04 Å². The second-order valence-electron chi connectivity index (χ2n) is 5.38. The second kappa shape index (κ2) is 6.78. The highest BCUT2D eigenvalue weighted by molar-refractivity contribution is 7.99. The van der Waals surface area contributed by atoms with E-state index in [2.05, 4.69) is 16.8 Å². The van der Waals surface area contributed by atoms with E-state index in [4.69, 9.17) is 0 Å². The van der Waals surface area contributed by atoms with E-state index in [1.54, 1.807) is 11.8 Å². The molecule has 5 heteroatoms. The van der Waals surface area contributed by atoms with Gasteiger partial charge in [0, 0.05) is 30.6 Å². The minimum absolute atomic E-state index is 0.266. The van der Waals surface area contributed by atoms with Crippen LogP contribution in [0.1, 0.15) is 25.7 Å². The molecule has 0 aromatic heterocycles. The Bertz CT molecular complexity index is 288. The van der Waals surface area contributed by atoms with E-state index in [1.807, 2.05) is 0 Å². The molecule has 2 heterocycles. The zero-order valence-electron chi connectivity index (χ0n) is 11.2. The molecule has 0 saturated carbocycles. The van der Waals surface area contributed by atoms with Crippen LogP contribution >= 0.6 is 11.8 Å². The van der Waals surface area contributed by atoms with E-state index in [1.165, 1.54) is 25.8 Å². The highest BCUT2D eigenvalue weighted by Gasteiger charge is 2.29. The number of piperidine rings is 1. The van der Waals surface area contributed by atoms with Crippen molar-refractivity contribution >= 4 is 17.7 Å². The van der Waals surface area contributed by atoms with Crippen LogP contribution in [-0.4, -0.2) is 71.1 Å². The number of likely N-dealkylation sites (tertiary alicyclic amines) is 1. The number of thioether (sulfide) groups is 1. The molecule has 18 heavy (non-hydrogen) atoms. The summed E-state index contributed by atoms with van der Waals surface area (Å²) in [6.07, 6.45) is 5.03. The summed E-state index contributed by atoms with van der Waals surface area (Å²) >= 11 is 1.76. The van der Waals surface area contributed by atoms with Crippen molar-refractivity contribution in [2.75, 3.05) is 38.2 Å². The molecule has 2 aliphatic rings. The van der Waals surface area contributed by atoms with Crippen LogP contribution in [0.25, 0.3) is 0 Å². The monoisotopic (exact) mass is 272 g/mol. The smallest absolute Gasteiger partial charge is 0.321 e. The fourth-order valence-electron chi connectivity index (χ4n) is 2.96. The zero-order chi connectivity index (χ0) is 13.0. The maximum atomic E-state index is 11.2. The normalized spacial score (nSPS) is 31.4. The average Bonchev–Trinajstić information content (AvgIpc) is 2.38. The Morgan fingerprint density at radius 2 is 2.22 bits per heavy atom. The van der Waals surface area contributed by atoms with Gasteiger partial charge >= 0.3 is 5.97 Å². The first-order chi connectivity index (χ1) is 8.68. The summed E-state index contributed by atoms with van der Waals surface area (Å²) in [4.78, 5) is 15.8. The van der Waals surface area contributed by atoms with Gasteiger partial charge in [-0.1, -0.05) is 6.42 Å². The minimum Gasteiger partial charge on any atom is -0.480 e. The van der Waals surface area contributed by atoms with E-state index < -0.39 is 5.97 Å². The summed E-state index contributed by atoms with van der Waals surface area (Å²) in [5.41, 5.74) is 0. The molecule has 2 saturated heterocycles. The minimum atomic E-state index is -0.654. The Hall–Kier alpha value is -0.260. The number of carbonyl (C=O) groups is 1. The van der Waals surface area contributed by atoms with Crippen LogP contribution in [0, 0.1) is 0 Å². The van der Waals surface area contributed by atoms with Crippen LogP contribution in [0.3, 0.4) is 0 Å². The van der Waals surface area contributed by atoms with Crippen LogP contribution in [0.5, 0.6) is 0 Å². The Morgan fingerprint density at radius 3 is 2.94 bits per heavy atom. The third-order valence-corrected chi connectivity index (χ3v) is 5.22. The fourth-order valence-corrected chi connectivity index (χ4v) is 4.06. The van der Waals surface area contributed by atoms with Gasteiger partial charge in [-0.3, -0.25) is 9.69 Å². The Balaban J connectivity index is 1.81. The Labute approximate surface area is 114 Å². The van der Waals surface area contributed by atoms with Crippen LogP contribution in [0.4, 0.5) is 0 Å². The molecule has 2 fully saturated rings.